The number of amides is 1. The lowest BCUT2D eigenvalue weighted by molar-refractivity contribution is -0.122. The number of nitrogens with zero attached hydrogens (tertiary/aromatic N) is 2. The third-order valence-corrected chi connectivity index (χ3v) is 5.49. The summed E-state index contributed by atoms with van der Waals surface area (Å²) < 4.78 is 8.02. The Hall–Kier alpha value is -2.90. The zero-order valence-corrected chi connectivity index (χ0v) is 17.1. The predicted molar refractivity (Wildman–Crippen MR) is 115 cm³/mol. The lowest BCUT2D eigenvalue weighted by atomic mass is 10.2. The minimum Gasteiger partial charge on any atom is -0.376 e. The van der Waals surface area contributed by atoms with E-state index in [9.17, 15) is 14.4 Å². The molecule has 1 aliphatic heterocycles. The molecule has 8 heteroatoms. The van der Waals surface area contributed by atoms with Crippen LogP contribution < -0.4 is 16.6 Å². The van der Waals surface area contributed by atoms with Gasteiger partial charge in [0.05, 0.1) is 23.6 Å². The molecule has 156 valence electrons. The van der Waals surface area contributed by atoms with Crippen LogP contribution in [0.2, 0.25) is 5.02 Å². The number of halogens is 1. The fourth-order valence-electron chi connectivity index (χ4n) is 3.67. The summed E-state index contributed by atoms with van der Waals surface area (Å²) in [6, 6.07) is 13.8. The monoisotopic (exact) mass is 427 g/mol. The molecule has 0 aliphatic carbocycles. The molecule has 4 rings (SSSR count). The van der Waals surface area contributed by atoms with Gasteiger partial charge in [0.1, 0.15) is 6.54 Å². The highest BCUT2D eigenvalue weighted by Crippen LogP contribution is 2.12. The van der Waals surface area contributed by atoms with Gasteiger partial charge >= 0.3 is 5.69 Å². The Balaban J connectivity index is 1.67. The van der Waals surface area contributed by atoms with Gasteiger partial charge in [0.2, 0.25) is 5.91 Å². The lowest BCUT2D eigenvalue weighted by Crippen LogP contribution is -2.43. The van der Waals surface area contributed by atoms with Crippen molar-refractivity contribution in [2.75, 3.05) is 13.2 Å². The minimum atomic E-state index is -0.527. The van der Waals surface area contributed by atoms with E-state index < -0.39 is 5.69 Å². The van der Waals surface area contributed by atoms with E-state index in [1.54, 1.807) is 48.5 Å². The zero-order valence-electron chi connectivity index (χ0n) is 16.3. The maximum Gasteiger partial charge on any atom is 0.332 e. The molecule has 0 radical (unpaired) electrons. The molecule has 30 heavy (non-hydrogen) atoms. The number of para-hydroxylation sites is 1. The van der Waals surface area contributed by atoms with E-state index >= 15 is 0 Å². The molecule has 1 aliphatic rings. The van der Waals surface area contributed by atoms with E-state index in [1.807, 2.05) is 0 Å². The van der Waals surface area contributed by atoms with Crippen molar-refractivity contribution in [3.63, 3.8) is 0 Å². The molecule has 1 aromatic heterocycles. The third kappa shape index (κ3) is 4.32. The van der Waals surface area contributed by atoms with Gasteiger partial charge in [-0.15, -0.1) is 0 Å². The average Bonchev–Trinajstić information content (AvgIpc) is 3.28. The van der Waals surface area contributed by atoms with Gasteiger partial charge in [0.25, 0.3) is 5.56 Å². The summed E-state index contributed by atoms with van der Waals surface area (Å²) in [6.45, 7) is 1.04. The fourth-order valence-corrected chi connectivity index (χ4v) is 3.79. The molecule has 7 nitrogen and oxygen atoms in total. The standard InChI is InChI=1S/C22H22ClN3O4/c23-16-9-7-15(8-10-16)13-26-21(28)18-5-1-2-6-19(18)25(22(26)29)14-20(27)24-12-17-4-3-11-30-17/h1-2,5-10,17H,3-4,11-14H2,(H,24,27)/t17-/m1/s1. The van der Waals surface area contributed by atoms with Crippen LogP contribution in [0.1, 0.15) is 18.4 Å². The van der Waals surface area contributed by atoms with E-state index in [0.717, 1.165) is 23.0 Å². The topological polar surface area (TPSA) is 82.3 Å². The first-order valence-electron chi connectivity index (χ1n) is 9.88. The molecule has 0 bridgehead atoms. The maximum absolute atomic E-state index is 13.2. The van der Waals surface area contributed by atoms with Crippen LogP contribution in [0.15, 0.2) is 58.1 Å². The van der Waals surface area contributed by atoms with Crippen LogP contribution in [-0.2, 0) is 22.6 Å². The second-order valence-electron chi connectivity index (χ2n) is 7.34. The van der Waals surface area contributed by atoms with E-state index in [0.29, 0.717) is 29.1 Å². The zero-order chi connectivity index (χ0) is 21.1. The average molecular weight is 428 g/mol. The van der Waals surface area contributed by atoms with E-state index in [2.05, 4.69) is 5.32 Å². The van der Waals surface area contributed by atoms with Crippen LogP contribution in [0, 0.1) is 0 Å². The Labute approximate surface area is 177 Å². The van der Waals surface area contributed by atoms with Crippen molar-refractivity contribution in [3.8, 4) is 0 Å². The largest absolute Gasteiger partial charge is 0.376 e. The first-order valence-corrected chi connectivity index (χ1v) is 10.3. The number of hydrogen-bond donors (Lipinski definition) is 1. The van der Waals surface area contributed by atoms with Gasteiger partial charge in [-0.05, 0) is 42.7 Å². The van der Waals surface area contributed by atoms with Gasteiger partial charge in [-0.2, -0.15) is 0 Å². The number of carbonyl (C=O) groups excluding carboxylic acids is 1. The number of rotatable bonds is 6. The molecule has 1 amide bonds. The van der Waals surface area contributed by atoms with E-state index in [-0.39, 0.29) is 30.7 Å². The summed E-state index contributed by atoms with van der Waals surface area (Å²) in [5.74, 6) is -0.297. The summed E-state index contributed by atoms with van der Waals surface area (Å²) in [6.07, 6.45) is 1.91. The molecule has 0 spiro atoms. The van der Waals surface area contributed by atoms with Gasteiger partial charge in [0, 0.05) is 18.2 Å². The molecule has 1 saturated heterocycles. The van der Waals surface area contributed by atoms with Crippen LogP contribution >= 0.6 is 11.6 Å². The molecule has 1 atom stereocenters. The van der Waals surface area contributed by atoms with Crippen molar-refractivity contribution in [3.05, 3.63) is 80.0 Å². The van der Waals surface area contributed by atoms with E-state index in [1.165, 1.54) is 4.57 Å². The summed E-state index contributed by atoms with van der Waals surface area (Å²) in [4.78, 5) is 38.7. The van der Waals surface area contributed by atoms with Gasteiger partial charge in [-0.1, -0.05) is 35.9 Å². The molecular formula is C22H22ClN3O4. The highest BCUT2D eigenvalue weighted by atomic mass is 35.5. The Morgan fingerprint density at radius 1 is 1.10 bits per heavy atom. The summed E-state index contributed by atoms with van der Waals surface area (Å²) in [5.41, 5.74) is 0.290. The van der Waals surface area contributed by atoms with Gasteiger partial charge in [-0.25, -0.2) is 4.79 Å². The first-order chi connectivity index (χ1) is 14.5. The number of aromatic nitrogens is 2. The first kappa shape index (κ1) is 20.4. The molecule has 1 N–H and O–H groups in total. The number of nitrogens with one attached hydrogen (secondary N) is 1. The van der Waals surface area contributed by atoms with Gasteiger partial charge in [0.15, 0.2) is 0 Å². The molecule has 0 saturated carbocycles. The van der Waals surface area contributed by atoms with Gasteiger partial charge in [-0.3, -0.25) is 18.7 Å². The van der Waals surface area contributed by atoms with Crippen molar-refractivity contribution in [2.45, 2.75) is 32.0 Å². The van der Waals surface area contributed by atoms with Crippen LogP contribution in [0.4, 0.5) is 0 Å². The normalized spacial score (nSPS) is 16.1. The van der Waals surface area contributed by atoms with Gasteiger partial charge < -0.3 is 10.1 Å². The van der Waals surface area contributed by atoms with Crippen molar-refractivity contribution in [2.24, 2.45) is 0 Å². The summed E-state index contributed by atoms with van der Waals surface area (Å²) in [7, 11) is 0. The highest BCUT2D eigenvalue weighted by Gasteiger charge is 2.18. The van der Waals surface area contributed by atoms with Crippen LogP contribution in [0.3, 0.4) is 0 Å². The Morgan fingerprint density at radius 2 is 1.87 bits per heavy atom. The number of fused-ring (bicyclic) bond motifs is 1. The van der Waals surface area contributed by atoms with Crippen molar-refractivity contribution < 1.29 is 9.53 Å². The third-order valence-electron chi connectivity index (χ3n) is 5.24. The summed E-state index contributed by atoms with van der Waals surface area (Å²) in [5, 5.41) is 3.79. The van der Waals surface area contributed by atoms with Crippen molar-refractivity contribution in [1.82, 2.24) is 14.5 Å². The highest BCUT2D eigenvalue weighted by molar-refractivity contribution is 6.30. The Kier molecular flexibility index (Phi) is 6.01. The van der Waals surface area contributed by atoms with E-state index in [4.69, 9.17) is 16.3 Å². The Bertz CT molecular complexity index is 1180. The van der Waals surface area contributed by atoms with Crippen LogP contribution in [0.5, 0.6) is 0 Å². The predicted octanol–water partition coefficient (Wildman–Crippen LogP) is 2.16. The molecule has 3 aromatic rings. The lowest BCUT2D eigenvalue weighted by Gasteiger charge is -2.15. The maximum atomic E-state index is 13.2. The van der Waals surface area contributed by atoms with Crippen molar-refractivity contribution >= 4 is 28.4 Å². The molecule has 2 heterocycles. The molecular weight excluding hydrogens is 406 g/mol. The second-order valence-corrected chi connectivity index (χ2v) is 7.78. The SMILES string of the molecule is O=C(Cn1c(=O)n(Cc2ccc(Cl)cc2)c(=O)c2ccccc21)NC[C@H]1CCCO1. The Morgan fingerprint density at radius 3 is 2.60 bits per heavy atom. The number of benzene rings is 2. The molecule has 0 unspecified atom stereocenters. The fraction of sp³-hybridized carbons (Fsp3) is 0.318. The van der Waals surface area contributed by atoms with Crippen molar-refractivity contribution in [1.29, 1.82) is 0 Å². The summed E-state index contributed by atoms with van der Waals surface area (Å²) >= 11 is 5.93. The second kappa shape index (κ2) is 8.85. The number of carbonyl (C=O) groups is 1. The number of ether oxygens (including phenoxy) is 1. The smallest absolute Gasteiger partial charge is 0.332 e. The van der Waals surface area contributed by atoms with Crippen LogP contribution in [0.25, 0.3) is 10.9 Å². The number of hydrogen-bond acceptors (Lipinski definition) is 4. The van der Waals surface area contributed by atoms with Crippen LogP contribution in [-0.4, -0.2) is 34.3 Å². The molecule has 2 aromatic carbocycles. The molecule has 1 fully saturated rings. The minimum absolute atomic E-state index is 0.0151. The quantitative estimate of drug-likeness (QED) is 0.653.